The predicted molar refractivity (Wildman–Crippen MR) is 135 cm³/mol. The number of nitrogens with zero attached hydrogens (tertiary/aromatic N) is 5. The SMILES string of the molecule is CSc1nc(N2CCN(C)CC2)c2sc3nc(CC(C)C)c4c(c3c2n1)CC(C)(C)OC4. The van der Waals surface area contributed by atoms with Crippen molar-refractivity contribution in [1.29, 1.82) is 0 Å². The Hall–Kier alpha value is -1.48. The highest BCUT2D eigenvalue weighted by atomic mass is 32.2. The van der Waals surface area contributed by atoms with E-state index in [4.69, 9.17) is 19.7 Å². The van der Waals surface area contributed by atoms with Crippen LogP contribution in [0.25, 0.3) is 20.4 Å². The van der Waals surface area contributed by atoms with E-state index in [1.165, 1.54) is 26.9 Å². The molecule has 6 nitrogen and oxygen atoms in total. The molecule has 0 spiro atoms. The van der Waals surface area contributed by atoms with Crippen LogP contribution in [0.15, 0.2) is 5.16 Å². The summed E-state index contributed by atoms with van der Waals surface area (Å²) in [6, 6.07) is 0. The number of ether oxygens (including phenoxy) is 1. The normalized spacial score (nSPS) is 19.3. The van der Waals surface area contributed by atoms with E-state index in [9.17, 15) is 0 Å². The summed E-state index contributed by atoms with van der Waals surface area (Å²) < 4.78 is 7.42. The van der Waals surface area contributed by atoms with Crippen LogP contribution in [0.4, 0.5) is 5.82 Å². The zero-order valence-electron chi connectivity index (χ0n) is 20.0. The first kappa shape index (κ1) is 22.3. The molecular weight excluding hydrogens is 438 g/mol. The highest BCUT2D eigenvalue weighted by molar-refractivity contribution is 7.98. The van der Waals surface area contributed by atoms with E-state index in [1.54, 1.807) is 23.1 Å². The Morgan fingerprint density at radius 1 is 1.09 bits per heavy atom. The van der Waals surface area contributed by atoms with Crippen molar-refractivity contribution < 1.29 is 4.74 Å². The summed E-state index contributed by atoms with van der Waals surface area (Å²) in [5.74, 6) is 1.64. The molecule has 5 heterocycles. The molecule has 0 aromatic carbocycles. The first-order chi connectivity index (χ1) is 15.3. The predicted octanol–water partition coefficient (Wildman–Crippen LogP) is 4.76. The molecule has 0 bridgehead atoms. The quantitative estimate of drug-likeness (QED) is 0.401. The maximum atomic E-state index is 6.24. The van der Waals surface area contributed by atoms with Gasteiger partial charge in [-0.05, 0) is 45.1 Å². The van der Waals surface area contributed by atoms with Crippen LogP contribution in [0, 0.1) is 5.92 Å². The summed E-state index contributed by atoms with van der Waals surface area (Å²) in [6.07, 6.45) is 3.93. The molecular formula is C24H33N5OS2. The lowest BCUT2D eigenvalue weighted by Gasteiger charge is -2.33. The number of fused-ring (bicyclic) bond motifs is 5. The zero-order chi connectivity index (χ0) is 22.6. The highest BCUT2D eigenvalue weighted by Gasteiger charge is 2.32. The third-order valence-corrected chi connectivity index (χ3v) is 8.14. The van der Waals surface area contributed by atoms with E-state index >= 15 is 0 Å². The van der Waals surface area contributed by atoms with Crippen LogP contribution < -0.4 is 4.90 Å². The monoisotopic (exact) mass is 471 g/mol. The van der Waals surface area contributed by atoms with Gasteiger partial charge >= 0.3 is 0 Å². The fourth-order valence-corrected chi connectivity index (χ4v) is 6.33. The second-order valence-corrected chi connectivity index (χ2v) is 11.9. The van der Waals surface area contributed by atoms with Crippen LogP contribution in [0.2, 0.25) is 0 Å². The Morgan fingerprint density at radius 3 is 2.53 bits per heavy atom. The molecule has 172 valence electrons. The minimum atomic E-state index is -0.180. The Kier molecular flexibility index (Phi) is 5.85. The summed E-state index contributed by atoms with van der Waals surface area (Å²) in [5, 5.41) is 2.08. The van der Waals surface area contributed by atoms with Crippen molar-refractivity contribution in [1.82, 2.24) is 19.9 Å². The fourth-order valence-electron chi connectivity index (χ4n) is 4.79. The minimum Gasteiger partial charge on any atom is -0.370 e. The summed E-state index contributed by atoms with van der Waals surface area (Å²) >= 11 is 3.40. The topological polar surface area (TPSA) is 54.4 Å². The maximum absolute atomic E-state index is 6.24. The third-order valence-electron chi connectivity index (χ3n) is 6.52. The number of hydrogen-bond acceptors (Lipinski definition) is 8. The van der Waals surface area contributed by atoms with Crippen molar-refractivity contribution in [3.8, 4) is 0 Å². The van der Waals surface area contributed by atoms with Crippen molar-refractivity contribution in [2.45, 2.75) is 57.9 Å². The van der Waals surface area contributed by atoms with Gasteiger partial charge in [0.1, 0.15) is 4.83 Å². The first-order valence-electron chi connectivity index (χ1n) is 11.5. The van der Waals surface area contributed by atoms with Gasteiger partial charge in [-0.15, -0.1) is 11.3 Å². The molecule has 0 atom stereocenters. The molecule has 0 radical (unpaired) electrons. The second-order valence-electron chi connectivity index (χ2n) is 10.1. The van der Waals surface area contributed by atoms with Crippen LogP contribution >= 0.6 is 23.1 Å². The standard InChI is InChI=1S/C24H33N5OS2/c1-14(2)11-17-16-13-30-24(3,4)12-15(16)18-19-20(32-22(18)25-17)21(27-23(26-19)31-6)29-9-7-28(5)8-10-29/h14H,7-13H2,1-6H3. The first-order valence-corrected chi connectivity index (χ1v) is 13.6. The van der Waals surface area contributed by atoms with Crippen LogP contribution in [0.1, 0.15) is 44.5 Å². The molecule has 5 rings (SSSR count). The molecule has 32 heavy (non-hydrogen) atoms. The number of rotatable bonds is 4. The number of anilines is 1. The van der Waals surface area contributed by atoms with Gasteiger partial charge < -0.3 is 14.5 Å². The summed E-state index contributed by atoms with van der Waals surface area (Å²) in [6.45, 7) is 13.7. The Balaban J connectivity index is 1.77. The number of hydrogen-bond donors (Lipinski definition) is 0. The molecule has 0 aliphatic carbocycles. The summed E-state index contributed by atoms with van der Waals surface area (Å²) in [5.41, 5.74) is 4.78. The van der Waals surface area contributed by atoms with E-state index < -0.39 is 0 Å². The summed E-state index contributed by atoms with van der Waals surface area (Å²) in [7, 11) is 2.19. The number of thioether (sulfide) groups is 1. The van der Waals surface area contributed by atoms with E-state index in [1.807, 2.05) is 0 Å². The molecule has 0 amide bonds. The zero-order valence-corrected chi connectivity index (χ0v) is 21.6. The van der Waals surface area contributed by atoms with E-state index in [2.05, 4.69) is 50.8 Å². The van der Waals surface area contributed by atoms with E-state index in [0.29, 0.717) is 12.5 Å². The van der Waals surface area contributed by atoms with E-state index in [0.717, 1.165) is 60.3 Å². The third kappa shape index (κ3) is 4.00. The number of likely N-dealkylation sites (N-methyl/N-ethyl adjacent to an activating group) is 1. The van der Waals surface area contributed by atoms with Gasteiger partial charge in [-0.2, -0.15) is 0 Å². The molecule has 3 aromatic heterocycles. The average Bonchev–Trinajstić information content (AvgIpc) is 3.10. The van der Waals surface area contributed by atoms with Crippen molar-refractivity contribution >= 4 is 49.3 Å². The van der Waals surface area contributed by atoms with Gasteiger partial charge in [0.2, 0.25) is 0 Å². The summed E-state index contributed by atoms with van der Waals surface area (Å²) in [4.78, 5) is 21.2. The number of pyridine rings is 1. The van der Waals surface area contributed by atoms with Crippen molar-refractivity contribution in [3.05, 3.63) is 16.8 Å². The van der Waals surface area contributed by atoms with Gasteiger partial charge in [-0.25, -0.2) is 15.0 Å². The largest absolute Gasteiger partial charge is 0.370 e. The minimum absolute atomic E-state index is 0.180. The van der Waals surface area contributed by atoms with Crippen LogP contribution in [-0.4, -0.2) is 64.9 Å². The number of piperazine rings is 1. The van der Waals surface area contributed by atoms with Gasteiger partial charge in [0.25, 0.3) is 0 Å². The van der Waals surface area contributed by atoms with Gasteiger partial charge in [0, 0.05) is 49.2 Å². The molecule has 2 aliphatic heterocycles. The van der Waals surface area contributed by atoms with Gasteiger partial charge in [0.15, 0.2) is 11.0 Å². The van der Waals surface area contributed by atoms with Crippen LogP contribution in [-0.2, 0) is 24.2 Å². The molecule has 0 saturated carbocycles. The average molecular weight is 472 g/mol. The molecule has 2 aliphatic rings. The molecule has 0 N–H and O–H groups in total. The van der Waals surface area contributed by atoms with Crippen molar-refractivity contribution in [2.75, 3.05) is 44.4 Å². The Bertz CT molecular complexity index is 1160. The lowest BCUT2D eigenvalue weighted by molar-refractivity contribution is -0.0402. The molecule has 0 unspecified atom stereocenters. The van der Waals surface area contributed by atoms with Crippen LogP contribution in [0.5, 0.6) is 0 Å². The second kappa shape index (κ2) is 8.38. The van der Waals surface area contributed by atoms with Crippen molar-refractivity contribution in [2.24, 2.45) is 5.92 Å². The van der Waals surface area contributed by atoms with E-state index in [-0.39, 0.29) is 5.60 Å². The lowest BCUT2D eigenvalue weighted by Crippen LogP contribution is -2.44. The van der Waals surface area contributed by atoms with Gasteiger partial charge in [0.05, 0.1) is 22.4 Å². The van der Waals surface area contributed by atoms with Gasteiger partial charge in [-0.3, -0.25) is 0 Å². The Labute approximate surface area is 198 Å². The maximum Gasteiger partial charge on any atom is 0.189 e. The highest BCUT2D eigenvalue weighted by Crippen LogP contribution is 2.44. The molecule has 1 fully saturated rings. The van der Waals surface area contributed by atoms with Crippen molar-refractivity contribution in [3.63, 3.8) is 0 Å². The Morgan fingerprint density at radius 2 is 1.84 bits per heavy atom. The molecule has 8 heteroatoms. The molecule has 3 aromatic rings. The lowest BCUT2D eigenvalue weighted by atomic mass is 9.88. The van der Waals surface area contributed by atoms with Crippen LogP contribution in [0.3, 0.4) is 0 Å². The fraction of sp³-hybridized carbons (Fsp3) is 0.625. The molecule has 1 saturated heterocycles. The number of thiophene rings is 1. The smallest absolute Gasteiger partial charge is 0.189 e. The number of aromatic nitrogens is 3. The van der Waals surface area contributed by atoms with Gasteiger partial charge in [-0.1, -0.05) is 25.6 Å².